The zero-order valence-corrected chi connectivity index (χ0v) is 12.4. The Hall–Kier alpha value is -0.820. The summed E-state index contributed by atoms with van der Waals surface area (Å²) in [6.07, 6.45) is 7.12. The zero-order valence-electron chi connectivity index (χ0n) is 12.4. The highest BCUT2D eigenvalue weighted by molar-refractivity contribution is 5.27. The Morgan fingerprint density at radius 3 is 2.42 bits per heavy atom. The van der Waals surface area contributed by atoms with Crippen molar-refractivity contribution in [3.63, 3.8) is 0 Å². The summed E-state index contributed by atoms with van der Waals surface area (Å²) in [7, 11) is 0. The van der Waals surface area contributed by atoms with Gasteiger partial charge in [-0.1, -0.05) is 49.6 Å². The summed E-state index contributed by atoms with van der Waals surface area (Å²) in [6, 6.07) is 9.30. The van der Waals surface area contributed by atoms with Gasteiger partial charge in [0.1, 0.15) is 0 Å². The topological polar surface area (TPSA) is 12.0 Å². The van der Waals surface area contributed by atoms with Crippen LogP contribution >= 0.6 is 0 Å². The Bertz CT molecular complexity index is 412. The lowest BCUT2D eigenvalue weighted by atomic mass is 9.59. The molecule has 1 aromatic rings. The summed E-state index contributed by atoms with van der Waals surface area (Å²) >= 11 is 0. The molecule has 0 aromatic heterocycles. The highest BCUT2D eigenvalue weighted by atomic mass is 14.9. The molecule has 3 rings (SSSR count). The SMILES string of the molecule is Cc1ccc(C2CNCCC23CCC(C)CC3)cc1. The molecule has 0 radical (unpaired) electrons. The second-order valence-corrected chi connectivity index (χ2v) is 6.96. The first-order valence-corrected chi connectivity index (χ1v) is 7.97. The van der Waals surface area contributed by atoms with Crippen molar-refractivity contribution in [1.82, 2.24) is 5.32 Å². The number of piperidine rings is 1. The van der Waals surface area contributed by atoms with Crippen LogP contribution in [0, 0.1) is 18.3 Å². The number of nitrogens with one attached hydrogen (secondary N) is 1. The van der Waals surface area contributed by atoms with Crippen LogP contribution in [-0.4, -0.2) is 13.1 Å². The quantitative estimate of drug-likeness (QED) is 0.792. The molecule has 2 fully saturated rings. The van der Waals surface area contributed by atoms with Crippen molar-refractivity contribution in [3.05, 3.63) is 35.4 Å². The molecule has 1 aromatic carbocycles. The molecule has 0 bridgehead atoms. The van der Waals surface area contributed by atoms with Crippen molar-refractivity contribution < 1.29 is 0 Å². The largest absolute Gasteiger partial charge is 0.316 e. The van der Waals surface area contributed by atoms with Crippen LogP contribution in [-0.2, 0) is 0 Å². The van der Waals surface area contributed by atoms with Gasteiger partial charge < -0.3 is 5.32 Å². The molecular weight excluding hydrogens is 230 g/mol. The summed E-state index contributed by atoms with van der Waals surface area (Å²) in [5, 5.41) is 3.63. The van der Waals surface area contributed by atoms with Gasteiger partial charge in [0.25, 0.3) is 0 Å². The van der Waals surface area contributed by atoms with E-state index in [0.717, 1.165) is 11.8 Å². The van der Waals surface area contributed by atoms with Crippen molar-refractivity contribution in [2.24, 2.45) is 11.3 Å². The fourth-order valence-electron chi connectivity index (χ4n) is 4.18. The van der Waals surface area contributed by atoms with Crippen LogP contribution in [0.1, 0.15) is 56.1 Å². The molecule has 1 heterocycles. The molecule has 1 atom stereocenters. The van der Waals surface area contributed by atoms with Gasteiger partial charge in [0, 0.05) is 12.5 Å². The van der Waals surface area contributed by atoms with Gasteiger partial charge in [-0.25, -0.2) is 0 Å². The average Bonchev–Trinajstić information content (AvgIpc) is 2.44. The van der Waals surface area contributed by atoms with Gasteiger partial charge in [-0.05, 0) is 49.6 Å². The highest BCUT2D eigenvalue weighted by Gasteiger charge is 2.42. The van der Waals surface area contributed by atoms with Crippen molar-refractivity contribution in [3.8, 4) is 0 Å². The normalized spacial score (nSPS) is 35.5. The van der Waals surface area contributed by atoms with Gasteiger partial charge >= 0.3 is 0 Å². The van der Waals surface area contributed by atoms with Crippen molar-refractivity contribution in [1.29, 1.82) is 0 Å². The first-order chi connectivity index (χ1) is 9.20. The van der Waals surface area contributed by atoms with E-state index in [1.807, 2.05) is 0 Å². The van der Waals surface area contributed by atoms with Crippen molar-refractivity contribution in [2.45, 2.75) is 51.9 Å². The second kappa shape index (κ2) is 5.28. The van der Waals surface area contributed by atoms with Crippen LogP contribution in [0.3, 0.4) is 0 Å². The van der Waals surface area contributed by atoms with Crippen LogP contribution in [0.25, 0.3) is 0 Å². The predicted octanol–water partition coefficient (Wildman–Crippen LogP) is 4.27. The third kappa shape index (κ3) is 2.58. The maximum atomic E-state index is 3.63. The van der Waals surface area contributed by atoms with Gasteiger partial charge in [-0.3, -0.25) is 0 Å². The van der Waals surface area contributed by atoms with Crippen LogP contribution < -0.4 is 5.32 Å². The number of aryl methyl sites for hydroxylation is 1. The molecule has 1 N–H and O–H groups in total. The molecule has 1 nitrogen and oxygen atoms in total. The first kappa shape index (κ1) is 13.2. The summed E-state index contributed by atoms with van der Waals surface area (Å²) in [5.74, 6) is 1.67. The van der Waals surface area contributed by atoms with Gasteiger partial charge in [0.15, 0.2) is 0 Å². The molecule has 1 spiro atoms. The number of rotatable bonds is 1. The molecule has 1 heteroatoms. The molecule has 1 unspecified atom stereocenters. The molecule has 19 heavy (non-hydrogen) atoms. The van der Waals surface area contributed by atoms with Crippen LogP contribution in [0.15, 0.2) is 24.3 Å². The monoisotopic (exact) mass is 257 g/mol. The summed E-state index contributed by atoms with van der Waals surface area (Å²) in [5.41, 5.74) is 3.53. The molecular formula is C18H27N. The Morgan fingerprint density at radius 1 is 1.05 bits per heavy atom. The van der Waals surface area contributed by atoms with Gasteiger partial charge in [-0.15, -0.1) is 0 Å². The second-order valence-electron chi connectivity index (χ2n) is 6.96. The number of hydrogen-bond donors (Lipinski definition) is 1. The van der Waals surface area contributed by atoms with E-state index >= 15 is 0 Å². The Kier molecular flexibility index (Phi) is 3.66. The molecule has 1 saturated heterocycles. The highest BCUT2D eigenvalue weighted by Crippen LogP contribution is 2.51. The smallest absolute Gasteiger partial charge is 0.00255 e. The van der Waals surface area contributed by atoms with Gasteiger partial charge in [0.05, 0.1) is 0 Å². The van der Waals surface area contributed by atoms with Crippen LogP contribution in [0.2, 0.25) is 0 Å². The Balaban J connectivity index is 1.86. The molecule has 104 valence electrons. The van der Waals surface area contributed by atoms with Crippen LogP contribution in [0.5, 0.6) is 0 Å². The third-order valence-electron chi connectivity index (χ3n) is 5.64. The molecule has 1 aliphatic heterocycles. The van der Waals surface area contributed by atoms with Crippen LogP contribution in [0.4, 0.5) is 0 Å². The van der Waals surface area contributed by atoms with Gasteiger partial charge in [-0.2, -0.15) is 0 Å². The number of hydrogen-bond acceptors (Lipinski definition) is 1. The maximum absolute atomic E-state index is 3.63. The van der Waals surface area contributed by atoms with E-state index in [9.17, 15) is 0 Å². The van der Waals surface area contributed by atoms with E-state index in [2.05, 4.69) is 43.4 Å². The maximum Gasteiger partial charge on any atom is 0.00255 e. The molecule has 1 saturated carbocycles. The Morgan fingerprint density at radius 2 is 1.74 bits per heavy atom. The lowest BCUT2D eigenvalue weighted by Crippen LogP contribution is -2.45. The van der Waals surface area contributed by atoms with Crippen molar-refractivity contribution in [2.75, 3.05) is 13.1 Å². The number of benzene rings is 1. The van der Waals surface area contributed by atoms with E-state index in [-0.39, 0.29) is 0 Å². The third-order valence-corrected chi connectivity index (χ3v) is 5.64. The van der Waals surface area contributed by atoms with E-state index in [1.165, 1.54) is 50.8 Å². The van der Waals surface area contributed by atoms with E-state index in [0.29, 0.717) is 5.41 Å². The zero-order chi connectivity index (χ0) is 13.3. The standard InChI is InChI=1S/C18H27N/c1-14-3-5-16(6-4-14)17-13-19-12-11-18(17)9-7-15(2)8-10-18/h3-6,15,17,19H,7-13H2,1-2H3. The summed E-state index contributed by atoms with van der Waals surface area (Å²) < 4.78 is 0. The fraction of sp³-hybridized carbons (Fsp3) is 0.667. The Labute approximate surface area is 117 Å². The van der Waals surface area contributed by atoms with Crippen molar-refractivity contribution >= 4 is 0 Å². The summed E-state index contributed by atoms with van der Waals surface area (Å²) in [4.78, 5) is 0. The lowest BCUT2D eigenvalue weighted by Gasteiger charge is -2.48. The fourth-order valence-corrected chi connectivity index (χ4v) is 4.18. The molecule has 2 aliphatic rings. The average molecular weight is 257 g/mol. The first-order valence-electron chi connectivity index (χ1n) is 7.97. The van der Waals surface area contributed by atoms with E-state index < -0.39 is 0 Å². The van der Waals surface area contributed by atoms with E-state index in [1.54, 1.807) is 5.56 Å². The minimum atomic E-state index is 0.590. The minimum absolute atomic E-state index is 0.590. The van der Waals surface area contributed by atoms with E-state index in [4.69, 9.17) is 0 Å². The molecule has 1 aliphatic carbocycles. The minimum Gasteiger partial charge on any atom is -0.316 e. The lowest BCUT2D eigenvalue weighted by molar-refractivity contribution is 0.0834. The predicted molar refractivity (Wildman–Crippen MR) is 81.5 cm³/mol. The van der Waals surface area contributed by atoms with Gasteiger partial charge in [0.2, 0.25) is 0 Å². The summed E-state index contributed by atoms with van der Waals surface area (Å²) in [6.45, 7) is 7.00. The molecule has 0 amide bonds.